The van der Waals surface area contributed by atoms with Crippen LogP contribution in [0.25, 0.3) is 11.1 Å². The van der Waals surface area contributed by atoms with Crippen molar-refractivity contribution in [1.29, 1.82) is 5.41 Å². The van der Waals surface area contributed by atoms with Crippen LogP contribution in [0.15, 0.2) is 95.9 Å². The molecule has 0 saturated carbocycles. The van der Waals surface area contributed by atoms with Crippen molar-refractivity contribution in [3.8, 4) is 22.6 Å². The SMILES string of the molecule is C.N=C(N)c1cccc(Oc2cc(Cl)ccc2CC(=O)c2ccc(-c3ccccc3S(N)(=O)=O)cc2)c1. The number of nitrogen functional groups attached to an aromatic ring is 1. The fourth-order valence-electron chi connectivity index (χ4n) is 3.69. The zero-order valence-corrected chi connectivity index (χ0v) is 20.5. The fraction of sp³-hybridized carbons (Fsp3) is 0.0714. The normalized spacial score (nSPS) is 10.9. The number of primary sulfonamides is 1. The zero-order valence-electron chi connectivity index (χ0n) is 18.9. The minimum atomic E-state index is -3.90. The number of ether oxygens (including phenoxy) is 1. The number of hydrogen-bond donors (Lipinski definition) is 3. The summed E-state index contributed by atoms with van der Waals surface area (Å²) in [5.74, 6) is 0.620. The molecule has 0 heterocycles. The topological polar surface area (TPSA) is 136 Å². The highest BCUT2D eigenvalue weighted by Crippen LogP contribution is 2.31. The van der Waals surface area contributed by atoms with Crippen LogP contribution in [-0.4, -0.2) is 20.0 Å². The molecule has 4 rings (SSSR count). The van der Waals surface area contributed by atoms with Gasteiger partial charge in [0.25, 0.3) is 0 Å². The van der Waals surface area contributed by atoms with Crippen molar-refractivity contribution in [2.45, 2.75) is 18.7 Å². The van der Waals surface area contributed by atoms with Crippen molar-refractivity contribution in [2.24, 2.45) is 10.9 Å². The summed E-state index contributed by atoms with van der Waals surface area (Å²) in [6.07, 6.45) is 0.0476. The van der Waals surface area contributed by atoms with Gasteiger partial charge < -0.3 is 10.5 Å². The summed E-state index contributed by atoms with van der Waals surface area (Å²) in [7, 11) is -3.90. The van der Waals surface area contributed by atoms with Crippen molar-refractivity contribution >= 4 is 33.2 Å². The Bertz CT molecular complexity index is 1570. The second-order valence-electron chi connectivity index (χ2n) is 8.01. The van der Waals surface area contributed by atoms with Gasteiger partial charge in [0.2, 0.25) is 10.0 Å². The van der Waals surface area contributed by atoms with Gasteiger partial charge in [0.15, 0.2) is 5.78 Å². The number of halogens is 1. The van der Waals surface area contributed by atoms with Crippen LogP contribution in [0.3, 0.4) is 0 Å². The van der Waals surface area contributed by atoms with Crippen LogP contribution in [-0.2, 0) is 16.4 Å². The Labute approximate surface area is 221 Å². The molecular weight excluding hydrogens is 510 g/mol. The second kappa shape index (κ2) is 11.4. The lowest BCUT2D eigenvalue weighted by Gasteiger charge is -2.13. The van der Waals surface area contributed by atoms with Crippen molar-refractivity contribution < 1.29 is 17.9 Å². The Balaban J connectivity index is 0.00000380. The van der Waals surface area contributed by atoms with E-state index in [1.165, 1.54) is 6.07 Å². The molecule has 4 aromatic rings. The molecule has 7 nitrogen and oxygen atoms in total. The van der Waals surface area contributed by atoms with Gasteiger partial charge in [-0.2, -0.15) is 0 Å². The lowest BCUT2D eigenvalue weighted by atomic mass is 9.99. The van der Waals surface area contributed by atoms with E-state index in [4.69, 9.17) is 32.6 Å². The lowest BCUT2D eigenvalue weighted by Crippen LogP contribution is -2.13. The predicted molar refractivity (Wildman–Crippen MR) is 147 cm³/mol. The van der Waals surface area contributed by atoms with Gasteiger partial charge in [-0.3, -0.25) is 10.2 Å². The minimum absolute atomic E-state index is 0. The Kier molecular flexibility index (Phi) is 8.49. The van der Waals surface area contributed by atoms with Crippen LogP contribution in [0.1, 0.15) is 28.9 Å². The second-order valence-corrected chi connectivity index (χ2v) is 9.98. The number of rotatable bonds is 8. The number of nitrogens with one attached hydrogen (secondary N) is 1. The van der Waals surface area contributed by atoms with E-state index < -0.39 is 10.0 Å². The van der Waals surface area contributed by atoms with Crippen molar-refractivity contribution in [3.05, 3.63) is 113 Å². The fourth-order valence-corrected chi connectivity index (χ4v) is 4.61. The maximum absolute atomic E-state index is 13.1. The first-order chi connectivity index (χ1) is 17.1. The molecule has 4 aromatic carbocycles. The maximum atomic E-state index is 13.1. The molecular formula is C28H26ClN3O4S. The van der Waals surface area contributed by atoms with Crippen molar-refractivity contribution in [1.82, 2.24) is 0 Å². The largest absolute Gasteiger partial charge is 0.457 e. The van der Waals surface area contributed by atoms with Gasteiger partial charge in [-0.05, 0) is 35.9 Å². The quantitative estimate of drug-likeness (QED) is 0.149. The summed E-state index contributed by atoms with van der Waals surface area (Å²) in [6, 6.07) is 24.9. The molecule has 0 radical (unpaired) electrons. The molecule has 0 aliphatic carbocycles. The summed E-state index contributed by atoms with van der Waals surface area (Å²) in [4.78, 5) is 13.1. The molecule has 0 aromatic heterocycles. The first kappa shape index (κ1) is 27.6. The van der Waals surface area contributed by atoms with Gasteiger partial charge in [0.1, 0.15) is 17.3 Å². The molecule has 0 spiro atoms. The highest BCUT2D eigenvalue weighted by molar-refractivity contribution is 7.89. The van der Waals surface area contributed by atoms with Gasteiger partial charge in [-0.1, -0.05) is 79.7 Å². The van der Waals surface area contributed by atoms with E-state index >= 15 is 0 Å². The third kappa shape index (κ3) is 6.62. The molecule has 0 fully saturated rings. The van der Waals surface area contributed by atoms with Gasteiger partial charge in [0, 0.05) is 33.7 Å². The van der Waals surface area contributed by atoms with Crippen LogP contribution < -0.4 is 15.6 Å². The first-order valence-electron chi connectivity index (χ1n) is 10.8. The van der Waals surface area contributed by atoms with E-state index in [2.05, 4.69) is 0 Å². The predicted octanol–water partition coefficient (Wildman–Crippen LogP) is 5.79. The number of hydrogen-bond acceptors (Lipinski definition) is 5. The summed E-state index contributed by atoms with van der Waals surface area (Å²) in [6.45, 7) is 0. The number of carbonyl (C=O) groups excluding carboxylic acids is 1. The summed E-state index contributed by atoms with van der Waals surface area (Å²) >= 11 is 6.17. The average Bonchev–Trinajstić information content (AvgIpc) is 2.85. The molecule has 0 aliphatic heterocycles. The van der Waals surface area contributed by atoms with E-state index in [1.54, 1.807) is 84.9 Å². The number of Topliss-reactive ketones (excluding diaryl/α,β-unsaturated/α-hetero) is 1. The van der Waals surface area contributed by atoms with Crippen LogP contribution in [0, 0.1) is 5.41 Å². The monoisotopic (exact) mass is 535 g/mol. The molecule has 0 saturated heterocycles. The Morgan fingerprint density at radius 1 is 0.892 bits per heavy atom. The van der Waals surface area contributed by atoms with Gasteiger partial charge in [-0.25, -0.2) is 13.6 Å². The molecule has 0 amide bonds. The van der Waals surface area contributed by atoms with Crippen LogP contribution in [0.2, 0.25) is 5.02 Å². The van der Waals surface area contributed by atoms with Crippen LogP contribution in [0.4, 0.5) is 0 Å². The molecule has 5 N–H and O–H groups in total. The van der Waals surface area contributed by atoms with Crippen molar-refractivity contribution in [2.75, 3.05) is 0 Å². The number of carbonyl (C=O) groups is 1. The van der Waals surface area contributed by atoms with Crippen LogP contribution >= 0.6 is 11.6 Å². The molecule has 37 heavy (non-hydrogen) atoms. The summed E-state index contributed by atoms with van der Waals surface area (Å²) in [5, 5.41) is 13.4. The third-order valence-electron chi connectivity index (χ3n) is 5.46. The van der Waals surface area contributed by atoms with E-state index in [0.717, 1.165) is 0 Å². The molecule has 0 atom stereocenters. The molecule has 0 bridgehead atoms. The van der Waals surface area contributed by atoms with E-state index in [1.807, 2.05) is 0 Å². The summed E-state index contributed by atoms with van der Waals surface area (Å²) in [5.41, 5.74) is 8.23. The number of nitrogens with two attached hydrogens (primary N) is 2. The average molecular weight is 536 g/mol. The Hall–Kier alpha value is -3.98. The number of benzene rings is 4. The standard InChI is InChI=1S/C27H22ClN3O4S.CH4/c28-21-13-12-19(25(16-21)35-22-5-3-4-20(14-22)27(29)30)15-24(32)18-10-8-17(9-11-18)23-6-1-2-7-26(23)36(31,33)34;/h1-14,16H,15H2,(H3,29,30)(H2,31,33,34);1H4. The van der Waals surface area contributed by atoms with Gasteiger partial charge in [-0.15, -0.1) is 0 Å². The zero-order chi connectivity index (χ0) is 25.9. The molecule has 190 valence electrons. The van der Waals surface area contributed by atoms with E-state index in [9.17, 15) is 13.2 Å². The Morgan fingerprint density at radius 3 is 2.27 bits per heavy atom. The first-order valence-corrected chi connectivity index (χ1v) is 12.7. The van der Waals surface area contributed by atoms with Gasteiger partial charge >= 0.3 is 0 Å². The number of amidine groups is 1. The van der Waals surface area contributed by atoms with Gasteiger partial charge in [0.05, 0.1) is 4.90 Å². The van der Waals surface area contributed by atoms with E-state index in [0.29, 0.717) is 44.3 Å². The smallest absolute Gasteiger partial charge is 0.238 e. The summed E-state index contributed by atoms with van der Waals surface area (Å²) < 4.78 is 29.8. The Morgan fingerprint density at radius 2 is 1.59 bits per heavy atom. The number of sulfonamides is 1. The maximum Gasteiger partial charge on any atom is 0.238 e. The number of ketones is 1. The lowest BCUT2D eigenvalue weighted by molar-refractivity contribution is 0.0992. The minimum Gasteiger partial charge on any atom is -0.457 e. The molecule has 0 unspecified atom stereocenters. The third-order valence-corrected chi connectivity index (χ3v) is 6.67. The van der Waals surface area contributed by atoms with Crippen molar-refractivity contribution in [3.63, 3.8) is 0 Å². The molecule has 0 aliphatic rings. The highest BCUT2D eigenvalue weighted by Gasteiger charge is 2.16. The van der Waals surface area contributed by atoms with E-state index in [-0.39, 0.29) is 30.4 Å². The highest BCUT2D eigenvalue weighted by atomic mass is 35.5. The van der Waals surface area contributed by atoms with Crippen LogP contribution in [0.5, 0.6) is 11.5 Å². The molecule has 9 heteroatoms.